The number of rotatable bonds is 4. The summed E-state index contributed by atoms with van der Waals surface area (Å²) in [7, 11) is 1.55. The van der Waals surface area contributed by atoms with Crippen LogP contribution in [0.15, 0.2) is 75.7 Å². The molecule has 3 aromatic rings. The van der Waals surface area contributed by atoms with Crippen molar-refractivity contribution in [2.45, 2.75) is 6.17 Å². The Hall–Kier alpha value is -3.34. The number of thiol groups is 1. The van der Waals surface area contributed by atoms with E-state index in [0.29, 0.717) is 28.0 Å². The van der Waals surface area contributed by atoms with Crippen molar-refractivity contribution in [2.24, 2.45) is 0 Å². The number of para-hydroxylation sites is 2. The number of amides is 1. The standard InChI is InChI=1S/C22H16ClN3O3S/c1-28-18-5-3-2-4-16(18)26-20(25-21(27)15(12-24)22(26)30)19-11-10-17(29-19)13-6-8-14(23)9-7-13/h2-11,20,30H,1H3,(H,25,27). The minimum Gasteiger partial charge on any atom is -0.495 e. The lowest BCUT2D eigenvalue weighted by molar-refractivity contribution is -0.118. The zero-order chi connectivity index (χ0) is 21.3. The minimum absolute atomic E-state index is 0.0926. The molecule has 1 aromatic heterocycles. The van der Waals surface area contributed by atoms with Gasteiger partial charge < -0.3 is 19.4 Å². The molecule has 150 valence electrons. The van der Waals surface area contributed by atoms with Crippen molar-refractivity contribution in [1.29, 1.82) is 5.26 Å². The molecule has 1 atom stereocenters. The summed E-state index contributed by atoms with van der Waals surface area (Å²) in [5.41, 5.74) is 1.38. The number of nitrogens with zero attached hydrogens (tertiary/aromatic N) is 2. The predicted molar refractivity (Wildman–Crippen MR) is 117 cm³/mol. The molecule has 1 unspecified atom stereocenters. The Labute approximate surface area is 183 Å². The number of halogens is 1. The molecular weight excluding hydrogens is 422 g/mol. The van der Waals surface area contributed by atoms with E-state index in [1.165, 1.54) is 0 Å². The third-order valence-corrected chi connectivity index (χ3v) is 5.38. The number of carbonyl (C=O) groups is 1. The average Bonchev–Trinajstić information content (AvgIpc) is 3.24. The second-order valence-electron chi connectivity index (χ2n) is 6.44. The first-order valence-electron chi connectivity index (χ1n) is 8.95. The fourth-order valence-electron chi connectivity index (χ4n) is 3.26. The van der Waals surface area contributed by atoms with E-state index in [-0.39, 0.29) is 10.6 Å². The third kappa shape index (κ3) is 3.52. The molecule has 0 bridgehead atoms. The number of hydrogen-bond acceptors (Lipinski definition) is 6. The highest BCUT2D eigenvalue weighted by molar-refractivity contribution is 7.84. The van der Waals surface area contributed by atoms with Crippen LogP contribution in [0.2, 0.25) is 5.02 Å². The molecule has 30 heavy (non-hydrogen) atoms. The third-order valence-electron chi connectivity index (χ3n) is 4.69. The van der Waals surface area contributed by atoms with E-state index in [9.17, 15) is 10.1 Å². The van der Waals surface area contributed by atoms with E-state index < -0.39 is 12.1 Å². The van der Waals surface area contributed by atoms with Crippen LogP contribution >= 0.6 is 24.2 Å². The summed E-state index contributed by atoms with van der Waals surface area (Å²) >= 11 is 10.5. The Morgan fingerprint density at radius 2 is 1.90 bits per heavy atom. The van der Waals surface area contributed by atoms with Crippen LogP contribution in [0.1, 0.15) is 11.9 Å². The number of anilines is 1. The zero-order valence-electron chi connectivity index (χ0n) is 15.8. The Balaban J connectivity index is 1.81. The van der Waals surface area contributed by atoms with Crippen molar-refractivity contribution >= 4 is 35.8 Å². The average molecular weight is 438 g/mol. The smallest absolute Gasteiger partial charge is 0.266 e. The van der Waals surface area contributed by atoms with Crippen molar-refractivity contribution < 1.29 is 13.9 Å². The molecule has 1 N–H and O–H groups in total. The van der Waals surface area contributed by atoms with Crippen molar-refractivity contribution in [3.8, 4) is 23.1 Å². The Morgan fingerprint density at radius 1 is 1.17 bits per heavy atom. The van der Waals surface area contributed by atoms with Crippen molar-refractivity contribution in [3.05, 3.63) is 82.0 Å². The molecule has 1 aliphatic heterocycles. The first kappa shape index (κ1) is 20.0. The van der Waals surface area contributed by atoms with Crippen LogP contribution in [0, 0.1) is 11.3 Å². The highest BCUT2D eigenvalue weighted by Crippen LogP contribution is 2.41. The lowest BCUT2D eigenvalue weighted by Crippen LogP contribution is -2.46. The van der Waals surface area contributed by atoms with Crippen LogP contribution in [0.25, 0.3) is 11.3 Å². The molecule has 0 saturated carbocycles. The quantitative estimate of drug-likeness (QED) is 0.567. The number of nitrogens with one attached hydrogen (secondary N) is 1. The molecule has 1 aliphatic rings. The van der Waals surface area contributed by atoms with Gasteiger partial charge in [0.15, 0.2) is 6.17 Å². The van der Waals surface area contributed by atoms with Gasteiger partial charge in [0, 0.05) is 10.6 Å². The summed E-state index contributed by atoms with van der Waals surface area (Å²) in [5.74, 6) is 1.13. The second-order valence-corrected chi connectivity index (χ2v) is 7.30. The molecule has 0 saturated heterocycles. The van der Waals surface area contributed by atoms with Gasteiger partial charge in [-0.1, -0.05) is 23.7 Å². The lowest BCUT2D eigenvalue weighted by atomic mass is 10.1. The van der Waals surface area contributed by atoms with E-state index >= 15 is 0 Å². The molecule has 8 heteroatoms. The molecule has 4 rings (SSSR count). The Morgan fingerprint density at radius 3 is 2.60 bits per heavy atom. The Kier molecular flexibility index (Phi) is 5.44. The summed E-state index contributed by atoms with van der Waals surface area (Å²) < 4.78 is 11.5. The van der Waals surface area contributed by atoms with Crippen molar-refractivity contribution in [3.63, 3.8) is 0 Å². The van der Waals surface area contributed by atoms with Crippen LogP contribution in [-0.2, 0) is 4.79 Å². The topological polar surface area (TPSA) is 78.5 Å². The summed E-state index contributed by atoms with van der Waals surface area (Å²) in [6.45, 7) is 0. The maximum atomic E-state index is 12.5. The van der Waals surface area contributed by atoms with Gasteiger partial charge in [-0.15, -0.1) is 12.6 Å². The molecule has 6 nitrogen and oxygen atoms in total. The first-order chi connectivity index (χ1) is 14.5. The maximum absolute atomic E-state index is 12.5. The summed E-state index contributed by atoms with van der Waals surface area (Å²) in [6.07, 6.45) is -0.723. The second kappa shape index (κ2) is 8.19. The van der Waals surface area contributed by atoms with Crippen LogP contribution in [0.3, 0.4) is 0 Å². The van der Waals surface area contributed by atoms with Gasteiger partial charge in [0.25, 0.3) is 5.91 Å². The van der Waals surface area contributed by atoms with Gasteiger partial charge in [-0.25, -0.2) is 0 Å². The number of benzene rings is 2. The molecule has 0 fully saturated rings. The predicted octanol–water partition coefficient (Wildman–Crippen LogP) is 4.91. The molecule has 2 heterocycles. The molecular formula is C22H16ClN3O3S. The van der Waals surface area contributed by atoms with Gasteiger partial charge >= 0.3 is 0 Å². The number of nitriles is 1. The van der Waals surface area contributed by atoms with Gasteiger partial charge in [-0.05, 0) is 48.5 Å². The van der Waals surface area contributed by atoms with Gasteiger partial charge in [-0.2, -0.15) is 5.26 Å². The van der Waals surface area contributed by atoms with E-state index in [4.69, 9.17) is 20.8 Å². The number of carbonyl (C=O) groups excluding carboxylic acids is 1. The maximum Gasteiger partial charge on any atom is 0.266 e. The SMILES string of the molecule is COc1ccccc1N1C(S)=C(C#N)C(=O)NC1c1ccc(-c2ccc(Cl)cc2)o1. The number of furan rings is 1. The van der Waals surface area contributed by atoms with Gasteiger partial charge in [0.1, 0.15) is 28.9 Å². The highest BCUT2D eigenvalue weighted by Gasteiger charge is 2.37. The van der Waals surface area contributed by atoms with Crippen LogP contribution in [0.4, 0.5) is 5.69 Å². The van der Waals surface area contributed by atoms with E-state index in [1.54, 1.807) is 36.3 Å². The summed E-state index contributed by atoms with van der Waals surface area (Å²) in [5, 5.41) is 13.1. The molecule has 0 aliphatic carbocycles. The molecule has 2 aromatic carbocycles. The van der Waals surface area contributed by atoms with E-state index in [2.05, 4.69) is 17.9 Å². The number of methoxy groups -OCH3 is 1. The lowest BCUT2D eigenvalue weighted by Gasteiger charge is -2.37. The van der Waals surface area contributed by atoms with Gasteiger partial charge in [-0.3, -0.25) is 4.79 Å². The van der Waals surface area contributed by atoms with E-state index in [0.717, 1.165) is 5.56 Å². The molecule has 0 radical (unpaired) electrons. The number of ether oxygens (including phenoxy) is 1. The largest absolute Gasteiger partial charge is 0.495 e. The fraction of sp³-hybridized carbons (Fsp3) is 0.0909. The van der Waals surface area contributed by atoms with Crippen molar-refractivity contribution in [1.82, 2.24) is 5.32 Å². The van der Waals surface area contributed by atoms with Crippen LogP contribution in [-0.4, -0.2) is 13.0 Å². The first-order valence-corrected chi connectivity index (χ1v) is 9.78. The highest BCUT2D eigenvalue weighted by atomic mass is 35.5. The minimum atomic E-state index is -0.723. The summed E-state index contributed by atoms with van der Waals surface area (Å²) in [4.78, 5) is 14.2. The number of hydrogen-bond donors (Lipinski definition) is 2. The monoisotopic (exact) mass is 437 g/mol. The zero-order valence-corrected chi connectivity index (χ0v) is 17.4. The molecule has 1 amide bonds. The van der Waals surface area contributed by atoms with E-state index in [1.807, 2.05) is 42.5 Å². The molecule has 0 spiro atoms. The Bertz CT molecular complexity index is 1180. The summed E-state index contributed by atoms with van der Waals surface area (Å²) in [6, 6.07) is 20.0. The van der Waals surface area contributed by atoms with Gasteiger partial charge in [0.05, 0.1) is 17.8 Å². The fourth-order valence-corrected chi connectivity index (χ4v) is 3.76. The normalized spacial score (nSPS) is 16.3. The van der Waals surface area contributed by atoms with Gasteiger partial charge in [0.2, 0.25) is 0 Å². The van der Waals surface area contributed by atoms with Crippen LogP contribution in [0.5, 0.6) is 5.75 Å². The van der Waals surface area contributed by atoms with Crippen LogP contribution < -0.4 is 15.0 Å². The van der Waals surface area contributed by atoms with Crippen molar-refractivity contribution in [2.75, 3.05) is 12.0 Å².